The van der Waals surface area contributed by atoms with Gasteiger partial charge in [0.1, 0.15) is 5.75 Å². The van der Waals surface area contributed by atoms with Crippen molar-refractivity contribution in [3.63, 3.8) is 0 Å². The summed E-state index contributed by atoms with van der Waals surface area (Å²) >= 11 is 1.47. The van der Waals surface area contributed by atoms with Gasteiger partial charge in [-0.1, -0.05) is 11.3 Å². The highest BCUT2D eigenvalue weighted by Gasteiger charge is 2.10. The highest BCUT2D eigenvalue weighted by molar-refractivity contribution is 7.16. The molecule has 0 N–H and O–H groups in total. The molecule has 0 spiro atoms. The second-order valence-electron chi connectivity index (χ2n) is 6.43. The number of methoxy groups -OCH3 is 1. The maximum atomic E-state index is 12.7. The number of benzene rings is 2. The lowest BCUT2D eigenvalue weighted by Crippen LogP contribution is -2.19. The zero-order chi connectivity index (χ0) is 20.1. The van der Waals surface area contributed by atoms with Crippen LogP contribution in [0.2, 0.25) is 0 Å². The van der Waals surface area contributed by atoms with E-state index in [-0.39, 0.29) is 5.91 Å². The van der Waals surface area contributed by atoms with Crippen LogP contribution in [0.15, 0.2) is 47.5 Å². The minimum Gasteiger partial charge on any atom is -0.497 e. The third-order valence-corrected chi connectivity index (χ3v) is 5.42. The number of nitrogens with zero attached hydrogens (tertiary/aromatic N) is 3. The van der Waals surface area contributed by atoms with Crippen molar-refractivity contribution in [2.24, 2.45) is 4.99 Å². The Bertz CT molecular complexity index is 1020. The van der Waals surface area contributed by atoms with Crippen LogP contribution >= 0.6 is 11.3 Å². The Labute approximate surface area is 168 Å². The number of hydrogen-bond donors (Lipinski definition) is 0. The maximum absolute atomic E-state index is 12.7. The van der Waals surface area contributed by atoms with Gasteiger partial charge in [-0.3, -0.25) is 4.79 Å². The summed E-state index contributed by atoms with van der Waals surface area (Å²) in [5.41, 5.74) is 2.62. The fourth-order valence-corrected chi connectivity index (χ4v) is 3.92. The molecule has 6 nitrogen and oxygen atoms in total. The maximum Gasteiger partial charge on any atom is 0.279 e. The zero-order valence-electron chi connectivity index (χ0n) is 16.6. The molecule has 0 unspecified atom stereocenters. The topological polar surface area (TPSA) is 56.1 Å². The molecule has 0 saturated heterocycles. The number of anilines is 1. The summed E-state index contributed by atoms with van der Waals surface area (Å²) in [5.74, 6) is 0.525. The van der Waals surface area contributed by atoms with E-state index in [2.05, 4.69) is 4.99 Å². The highest BCUT2D eigenvalue weighted by atomic mass is 32.1. The molecule has 3 aromatic rings. The standard InChI is InChI=1S/C21H25N3O3S/c1-5-27-13-12-24-18-11-10-17(26-4)14-19(18)28-21(24)22-20(25)15-6-8-16(9-7-15)23(2)3/h6-11,14H,5,12-13H2,1-4H3. The van der Waals surface area contributed by atoms with Gasteiger partial charge >= 0.3 is 0 Å². The van der Waals surface area contributed by atoms with Gasteiger partial charge in [0.05, 0.1) is 23.9 Å². The first kappa shape index (κ1) is 20.1. The Balaban J connectivity index is 2.01. The summed E-state index contributed by atoms with van der Waals surface area (Å²) in [6, 6.07) is 13.3. The van der Waals surface area contributed by atoms with Gasteiger partial charge in [-0.25, -0.2) is 0 Å². The number of thiazole rings is 1. The molecule has 1 aromatic heterocycles. The second-order valence-corrected chi connectivity index (χ2v) is 7.43. The average molecular weight is 400 g/mol. The summed E-state index contributed by atoms with van der Waals surface area (Å²) in [7, 11) is 5.58. The van der Waals surface area contributed by atoms with Crippen molar-refractivity contribution in [3.8, 4) is 5.75 Å². The Morgan fingerprint density at radius 1 is 1.18 bits per heavy atom. The minimum atomic E-state index is -0.256. The molecule has 28 heavy (non-hydrogen) atoms. The average Bonchev–Trinajstić information content (AvgIpc) is 3.04. The number of amides is 1. The summed E-state index contributed by atoms with van der Waals surface area (Å²) in [5, 5.41) is 0. The number of ether oxygens (including phenoxy) is 2. The van der Waals surface area contributed by atoms with Crippen LogP contribution in [0.3, 0.4) is 0 Å². The van der Waals surface area contributed by atoms with Crippen LogP contribution in [-0.2, 0) is 11.3 Å². The fraction of sp³-hybridized carbons (Fsp3) is 0.333. The van der Waals surface area contributed by atoms with E-state index >= 15 is 0 Å². The number of rotatable bonds is 7. The van der Waals surface area contributed by atoms with Gasteiger partial charge in [-0.2, -0.15) is 4.99 Å². The summed E-state index contributed by atoms with van der Waals surface area (Å²) in [4.78, 5) is 19.8. The number of carbonyl (C=O) groups excluding carboxylic acids is 1. The van der Waals surface area contributed by atoms with Crippen molar-refractivity contribution in [1.29, 1.82) is 0 Å². The molecule has 1 heterocycles. The molecule has 0 radical (unpaired) electrons. The van der Waals surface area contributed by atoms with Gasteiger partial charge in [0, 0.05) is 38.5 Å². The van der Waals surface area contributed by atoms with E-state index < -0.39 is 0 Å². The van der Waals surface area contributed by atoms with E-state index in [4.69, 9.17) is 9.47 Å². The molecule has 0 aliphatic heterocycles. The van der Waals surface area contributed by atoms with Gasteiger partial charge < -0.3 is 18.9 Å². The van der Waals surface area contributed by atoms with Gasteiger partial charge in [0.25, 0.3) is 5.91 Å². The zero-order valence-corrected chi connectivity index (χ0v) is 17.5. The summed E-state index contributed by atoms with van der Waals surface area (Å²) in [6.45, 7) is 3.81. The Morgan fingerprint density at radius 2 is 1.93 bits per heavy atom. The molecular formula is C21H25N3O3S. The van der Waals surface area contributed by atoms with Crippen LogP contribution in [0, 0.1) is 0 Å². The van der Waals surface area contributed by atoms with Crippen LogP contribution in [0.5, 0.6) is 5.75 Å². The van der Waals surface area contributed by atoms with E-state index in [1.807, 2.05) is 73.0 Å². The van der Waals surface area contributed by atoms with E-state index in [0.29, 0.717) is 30.1 Å². The lowest BCUT2D eigenvalue weighted by atomic mass is 10.2. The van der Waals surface area contributed by atoms with Gasteiger partial charge in [0.15, 0.2) is 4.80 Å². The molecule has 2 aromatic carbocycles. The third kappa shape index (κ3) is 4.43. The monoisotopic (exact) mass is 399 g/mol. The number of hydrogen-bond acceptors (Lipinski definition) is 5. The number of aromatic nitrogens is 1. The van der Waals surface area contributed by atoms with Gasteiger partial charge in [-0.15, -0.1) is 0 Å². The molecular weight excluding hydrogens is 374 g/mol. The van der Waals surface area contributed by atoms with Crippen LogP contribution in [0.1, 0.15) is 17.3 Å². The molecule has 7 heteroatoms. The normalized spacial score (nSPS) is 11.8. The SMILES string of the molecule is CCOCCn1c(=NC(=O)c2ccc(N(C)C)cc2)sc2cc(OC)ccc21. The predicted octanol–water partition coefficient (Wildman–Crippen LogP) is 3.56. The molecule has 0 atom stereocenters. The lowest BCUT2D eigenvalue weighted by Gasteiger charge is -2.11. The first-order valence-electron chi connectivity index (χ1n) is 9.15. The Kier molecular flexibility index (Phi) is 6.49. The van der Waals surface area contributed by atoms with Crippen molar-refractivity contribution >= 4 is 33.1 Å². The minimum absolute atomic E-state index is 0.256. The van der Waals surface area contributed by atoms with Crippen LogP contribution < -0.4 is 14.4 Å². The summed E-state index contributed by atoms with van der Waals surface area (Å²) < 4.78 is 13.9. The lowest BCUT2D eigenvalue weighted by molar-refractivity contribution is 0.0996. The second kappa shape index (κ2) is 9.03. The largest absolute Gasteiger partial charge is 0.497 e. The van der Waals surface area contributed by atoms with E-state index in [1.54, 1.807) is 7.11 Å². The molecule has 0 fully saturated rings. The molecule has 0 aliphatic carbocycles. The first-order valence-corrected chi connectivity index (χ1v) is 9.96. The molecule has 148 valence electrons. The fourth-order valence-electron chi connectivity index (χ4n) is 2.84. The van der Waals surface area contributed by atoms with Crippen LogP contribution in [0.25, 0.3) is 10.2 Å². The van der Waals surface area contributed by atoms with Crippen LogP contribution in [-0.4, -0.2) is 44.9 Å². The molecule has 3 rings (SSSR count). The number of fused-ring (bicyclic) bond motifs is 1. The van der Waals surface area contributed by atoms with Crippen molar-refractivity contribution in [2.75, 3.05) is 39.3 Å². The molecule has 0 saturated carbocycles. The first-order chi connectivity index (χ1) is 13.5. The predicted molar refractivity (Wildman–Crippen MR) is 114 cm³/mol. The molecule has 0 aliphatic rings. The van der Waals surface area contributed by atoms with Crippen LogP contribution in [0.4, 0.5) is 5.69 Å². The smallest absolute Gasteiger partial charge is 0.279 e. The van der Waals surface area contributed by atoms with E-state index in [9.17, 15) is 4.79 Å². The van der Waals surface area contributed by atoms with Gasteiger partial charge in [0.2, 0.25) is 0 Å². The Morgan fingerprint density at radius 3 is 2.57 bits per heavy atom. The molecule has 0 bridgehead atoms. The van der Waals surface area contributed by atoms with Crippen molar-refractivity contribution in [3.05, 3.63) is 52.8 Å². The van der Waals surface area contributed by atoms with E-state index in [0.717, 1.165) is 21.7 Å². The van der Waals surface area contributed by atoms with Crippen molar-refractivity contribution < 1.29 is 14.3 Å². The van der Waals surface area contributed by atoms with Crippen molar-refractivity contribution in [1.82, 2.24) is 4.57 Å². The number of carbonyl (C=O) groups is 1. The van der Waals surface area contributed by atoms with Gasteiger partial charge in [-0.05, 0) is 49.4 Å². The quantitative estimate of drug-likeness (QED) is 0.570. The van der Waals surface area contributed by atoms with E-state index in [1.165, 1.54) is 11.3 Å². The highest BCUT2D eigenvalue weighted by Crippen LogP contribution is 2.23. The Hall–Kier alpha value is -2.64. The third-order valence-electron chi connectivity index (χ3n) is 4.38. The molecule has 1 amide bonds. The van der Waals surface area contributed by atoms with Crippen molar-refractivity contribution in [2.45, 2.75) is 13.5 Å². The summed E-state index contributed by atoms with van der Waals surface area (Å²) in [6.07, 6.45) is 0.